The second kappa shape index (κ2) is 4.82. The van der Waals surface area contributed by atoms with Crippen molar-refractivity contribution in [1.82, 2.24) is 4.90 Å². The van der Waals surface area contributed by atoms with Crippen molar-refractivity contribution >= 4 is 11.8 Å². The molecule has 1 aliphatic heterocycles. The molecular formula is C11H21N3O2. The largest absolute Gasteiger partial charge is 0.368 e. The summed E-state index contributed by atoms with van der Waals surface area (Å²) >= 11 is 0. The zero-order valence-corrected chi connectivity index (χ0v) is 10.0. The number of rotatable bonds is 4. The molecule has 1 heterocycles. The number of hydrogen-bond acceptors (Lipinski definition) is 3. The van der Waals surface area contributed by atoms with E-state index in [-0.39, 0.29) is 11.4 Å². The number of primary amides is 1. The molecule has 0 saturated carbocycles. The second-order valence-corrected chi connectivity index (χ2v) is 5.14. The molecular weight excluding hydrogens is 206 g/mol. The van der Waals surface area contributed by atoms with E-state index >= 15 is 0 Å². The molecule has 5 nitrogen and oxygen atoms in total. The van der Waals surface area contributed by atoms with Gasteiger partial charge in [-0.2, -0.15) is 0 Å². The highest BCUT2D eigenvalue weighted by atomic mass is 16.2. The quantitative estimate of drug-likeness (QED) is 0.707. The summed E-state index contributed by atoms with van der Waals surface area (Å²) < 4.78 is 0. The normalized spacial score (nSPS) is 21.2. The first-order valence-electron chi connectivity index (χ1n) is 5.69. The van der Waals surface area contributed by atoms with Crippen LogP contribution in [-0.2, 0) is 9.59 Å². The van der Waals surface area contributed by atoms with Crippen molar-refractivity contribution < 1.29 is 9.59 Å². The molecule has 0 radical (unpaired) electrons. The predicted octanol–water partition coefficient (Wildman–Crippen LogP) is -0.0198. The summed E-state index contributed by atoms with van der Waals surface area (Å²) in [6.45, 7) is 4.41. The lowest BCUT2D eigenvalue weighted by atomic mass is 9.99. The van der Waals surface area contributed by atoms with Gasteiger partial charge in [0.2, 0.25) is 11.8 Å². The van der Waals surface area contributed by atoms with Crippen LogP contribution in [0.25, 0.3) is 0 Å². The van der Waals surface area contributed by atoms with Crippen LogP contribution in [0.5, 0.6) is 0 Å². The summed E-state index contributed by atoms with van der Waals surface area (Å²) in [6, 6.07) is -0.409. The highest BCUT2D eigenvalue weighted by Crippen LogP contribution is 2.19. The molecule has 92 valence electrons. The molecule has 16 heavy (non-hydrogen) atoms. The molecule has 2 amide bonds. The van der Waals surface area contributed by atoms with Gasteiger partial charge in [-0.3, -0.25) is 9.59 Å². The van der Waals surface area contributed by atoms with E-state index in [0.717, 1.165) is 6.42 Å². The first kappa shape index (κ1) is 13.0. The van der Waals surface area contributed by atoms with Crippen LogP contribution in [-0.4, -0.2) is 34.8 Å². The van der Waals surface area contributed by atoms with E-state index in [0.29, 0.717) is 25.8 Å². The van der Waals surface area contributed by atoms with Crippen LogP contribution in [0.4, 0.5) is 0 Å². The van der Waals surface area contributed by atoms with Crippen LogP contribution in [0, 0.1) is 0 Å². The van der Waals surface area contributed by atoms with Gasteiger partial charge in [0.1, 0.15) is 6.04 Å². The lowest BCUT2D eigenvalue weighted by Crippen LogP contribution is -2.44. The summed E-state index contributed by atoms with van der Waals surface area (Å²) in [5.41, 5.74) is 10.7. The van der Waals surface area contributed by atoms with E-state index < -0.39 is 11.9 Å². The van der Waals surface area contributed by atoms with Crippen molar-refractivity contribution in [2.75, 3.05) is 6.54 Å². The maximum absolute atomic E-state index is 11.9. The number of likely N-dealkylation sites (tertiary alicyclic amines) is 1. The molecule has 1 unspecified atom stereocenters. The Morgan fingerprint density at radius 2 is 2.06 bits per heavy atom. The molecule has 5 heteroatoms. The molecule has 1 rings (SSSR count). The Hall–Kier alpha value is -1.10. The van der Waals surface area contributed by atoms with Crippen LogP contribution in [0.2, 0.25) is 0 Å². The molecule has 1 saturated heterocycles. The molecule has 0 bridgehead atoms. The number of nitrogens with zero attached hydrogens (tertiary/aromatic N) is 1. The third kappa shape index (κ3) is 3.48. The van der Waals surface area contributed by atoms with Crippen molar-refractivity contribution in [3.8, 4) is 0 Å². The minimum Gasteiger partial charge on any atom is -0.368 e. The Kier molecular flexibility index (Phi) is 3.91. The zero-order chi connectivity index (χ0) is 12.3. The second-order valence-electron chi connectivity index (χ2n) is 5.14. The number of amides is 2. The van der Waals surface area contributed by atoms with Gasteiger partial charge in [-0.25, -0.2) is 0 Å². The minimum atomic E-state index is -0.409. The Morgan fingerprint density at radius 1 is 1.44 bits per heavy atom. The fourth-order valence-electron chi connectivity index (χ4n) is 1.93. The average molecular weight is 227 g/mol. The van der Waals surface area contributed by atoms with E-state index in [1.54, 1.807) is 4.90 Å². The maximum atomic E-state index is 11.9. The van der Waals surface area contributed by atoms with E-state index in [9.17, 15) is 9.59 Å². The fourth-order valence-corrected chi connectivity index (χ4v) is 1.93. The van der Waals surface area contributed by atoms with Gasteiger partial charge in [0.15, 0.2) is 0 Å². The van der Waals surface area contributed by atoms with Gasteiger partial charge in [0.05, 0.1) is 0 Å². The SMILES string of the molecule is CC(C)(N)CCC(=O)N1CCCC1C(N)=O. The maximum Gasteiger partial charge on any atom is 0.240 e. The first-order chi connectivity index (χ1) is 7.31. The molecule has 0 spiro atoms. The highest BCUT2D eigenvalue weighted by molar-refractivity contribution is 5.87. The van der Waals surface area contributed by atoms with Crippen molar-refractivity contribution in [1.29, 1.82) is 0 Å². The average Bonchev–Trinajstić information content (AvgIpc) is 2.61. The first-order valence-corrected chi connectivity index (χ1v) is 5.69. The number of nitrogens with two attached hydrogens (primary N) is 2. The molecule has 0 aliphatic carbocycles. The Bertz CT molecular complexity index is 283. The van der Waals surface area contributed by atoms with Gasteiger partial charge < -0.3 is 16.4 Å². The van der Waals surface area contributed by atoms with Gasteiger partial charge in [-0.15, -0.1) is 0 Å². The standard InChI is InChI=1S/C11H21N3O2/c1-11(2,13)6-5-9(15)14-7-3-4-8(14)10(12)16/h8H,3-7,13H2,1-2H3,(H2,12,16). The summed E-state index contributed by atoms with van der Waals surface area (Å²) in [5, 5.41) is 0. The van der Waals surface area contributed by atoms with E-state index in [2.05, 4.69) is 0 Å². The van der Waals surface area contributed by atoms with Crippen molar-refractivity contribution in [3.05, 3.63) is 0 Å². The lowest BCUT2D eigenvalue weighted by molar-refractivity contribution is -0.137. The highest BCUT2D eigenvalue weighted by Gasteiger charge is 2.32. The molecule has 1 aliphatic rings. The lowest BCUT2D eigenvalue weighted by Gasteiger charge is -2.24. The molecule has 0 aromatic heterocycles. The number of carbonyl (C=O) groups is 2. The van der Waals surface area contributed by atoms with Gasteiger partial charge in [-0.05, 0) is 33.1 Å². The molecule has 0 aromatic rings. The van der Waals surface area contributed by atoms with Gasteiger partial charge >= 0.3 is 0 Å². The molecule has 0 aromatic carbocycles. The molecule has 1 fully saturated rings. The van der Waals surface area contributed by atoms with Crippen LogP contribution in [0.1, 0.15) is 39.5 Å². The third-order valence-electron chi connectivity index (χ3n) is 2.88. The van der Waals surface area contributed by atoms with Crippen LogP contribution in [0.3, 0.4) is 0 Å². The van der Waals surface area contributed by atoms with Crippen LogP contribution < -0.4 is 11.5 Å². The monoisotopic (exact) mass is 227 g/mol. The van der Waals surface area contributed by atoms with Crippen LogP contribution >= 0.6 is 0 Å². The van der Waals surface area contributed by atoms with Crippen molar-refractivity contribution in [3.63, 3.8) is 0 Å². The summed E-state index contributed by atoms with van der Waals surface area (Å²) in [7, 11) is 0. The molecule has 1 atom stereocenters. The Balaban J connectivity index is 2.50. The van der Waals surface area contributed by atoms with Gasteiger partial charge in [0, 0.05) is 18.5 Å². The van der Waals surface area contributed by atoms with E-state index in [4.69, 9.17) is 11.5 Å². The Morgan fingerprint density at radius 3 is 2.56 bits per heavy atom. The topological polar surface area (TPSA) is 89.4 Å². The smallest absolute Gasteiger partial charge is 0.240 e. The van der Waals surface area contributed by atoms with E-state index in [1.165, 1.54) is 0 Å². The van der Waals surface area contributed by atoms with Gasteiger partial charge in [0.25, 0.3) is 0 Å². The summed E-state index contributed by atoms with van der Waals surface area (Å²) in [5.74, 6) is -0.419. The predicted molar refractivity (Wildman–Crippen MR) is 61.4 cm³/mol. The van der Waals surface area contributed by atoms with Gasteiger partial charge in [-0.1, -0.05) is 0 Å². The zero-order valence-electron chi connectivity index (χ0n) is 10.0. The third-order valence-corrected chi connectivity index (χ3v) is 2.88. The number of hydrogen-bond donors (Lipinski definition) is 2. The van der Waals surface area contributed by atoms with Crippen molar-refractivity contribution in [2.24, 2.45) is 11.5 Å². The minimum absolute atomic E-state index is 0.0141. The summed E-state index contributed by atoms with van der Waals surface area (Å²) in [4.78, 5) is 24.6. The fraction of sp³-hybridized carbons (Fsp3) is 0.818. The number of carbonyl (C=O) groups excluding carboxylic acids is 2. The van der Waals surface area contributed by atoms with Crippen LogP contribution in [0.15, 0.2) is 0 Å². The van der Waals surface area contributed by atoms with E-state index in [1.807, 2.05) is 13.8 Å². The Labute approximate surface area is 96.1 Å². The molecule has 4 N–H and O–H groups in total. The van der Waals surface area contributed by atoms with Crippen molar-refractivity contribution in [2.45, 2.75) is 51.1 Å². The summed E-state index contributed by atoms with van der Waals surface area (Å²) in [6.07, 6.45) is 2.54.